The van der Waals surface area contributed by atoms with Crippen LogP contribution >= 0.6 is 0 Å². The van der Waals surface area contributed by atoms with E-state index in [4.69, 9.17) is 14.6 Å². The lowest BCUT2D eigenvalue weighted by Crippen LogP contribution is -2.27. The molecule has 0 aliphatic heterocycles. The quantitative estimate of drug-likeness (QED) is 0.743. The zero-order chi connectivity index (χ0) is 18.2. The number of carboxylic acids is 1. The molecule has 0 heterocycles. The van der Waals surface area contributed by atoms with Gasteiger partial charge in [-0.3, -0.25) is 4.79 Å². The van der Waals surface area contributed by atoms with Crippen LogP contribution in [0.2, 0.25) is 0 Å². The molecule has 0 fully saturated rings. The summed E-state index contributed by atoms with van der Waals surface area (Å²) in [5.74, 6) is -0.668. The maximum Gasteiger partial charge on any atom is 0.338 e. The number of anilines is 1. The van der Waals surface area contributed by atoms with Crippen LogP contribution in [0.1, 0.15) is 22.3 Å². The van der Waals surface area contributed by atoms with Crippen molar-refractivity contribution in [1.29, 1.82) is 0 Å². The summed E-state index contributed by atoms with van der Waals surface area (Å²) in [7, 11) is 2.90. The largest absolute Gasteiger partial charge is 0.495 e. The summed E-state index contributed by atoms with van der Waals surface area (Å²) in [4.78, 5) is 24.9. The Hall–Kier alpha value is -3.02. The van der Waals surface area contributed by atoms with Crippen LogP contribution in [0.5, 0.6) is 5.75 Å². The minimum Gasteiger partial charge on any atom is -0.495 e. The van der Waals surface area contributed by atoms with Gasteiger partial charge in [-0.2, -0.15) is 0 Å². The highest BCUT2D eigenvalue weighted by molar-refractivity contribution is 5.91. The van der Waals surface area contributed by atoms with Crippen LogP contribution in [0.4, 0.5) is 5.69 Å². The molecule has 25 heavy (non-hydrogen) atoms. The maximum absolute atomic E-state index is 12.0. The van der Waals surface area contributed by atoms with Gasteiger partial charge in [0.15, 0.2) is 0 Å². The van der Waals surface area contributed by atoms with Gasteiger partial charge >= 0.3 is 11.9 Å². The first-order valence-electron chi connectivity index (χ1n) is 7.82. The van der Waals surface area contributed by atoms with Crippen LogP contribution in [-0.2, 0) is 16.1 Å². The topological polar surface area (TPSA) is 76.1 Å². The minimum absolute atomic E-state index is 0.0293. The molecule has 0 spiro atoms. The van der Waals surface area contributed by atoms with E-state index in [2.05, 4.69) is 0 Å². The fourth-order valence-electron chi connectivity index (χ4n) is 2.58. The number of carbonyl (C=O) groups is 2. The Morgan fingerprint density at radius 3 is 2.40 bits per heavy atom. The molecule has 0 aromatic heterocycles. The highest BCUT2D eigenvalue weighted by atomic mass is 16.5. The summed E-state index contributed by atoms with van der Waals surface area (Å²) >= 11 is 0. The van der Waals surface area contributed by atoms with E-state index in [-0.39, 0.29) is 13.0 Å². The smallest absolute Gasteiger partial charge is 0.338 e. The molecule has 2 aromatic carbocycles. The van der Waals surface area contributed by atoms with Crippen LogP contribution in [-0.4, -0.2) is 37.8 Å². The molecule has 0 saturated heterocycles. The zero-order valence-electron chi connectivity index (χ0n) is 14.3. The van der Waals surface area contributed by atoms with Crippen molar-refractivity contribution in [3.63, 3.8) is 0 Å². The highest BCUT2D eigenvalue weighted by Crippen LogP contribution is 2.29. The molecule has 6 nitrogen and oxygen atoms in total. The second-order valence-corrected chi connectivity index (χ2v) is 5.39. The monoisotopic (exact) mass is 343 g/mol. The fraction of sp³-hybridized carbons (Fsp3) is 0.263. The molecule has 132 valence electrons. The number of rotatable bonds is 8. The first kappa shape index (κ1) is 18.3. The van der Waals surface area contributed by atoms with E-state index in [1.54, 1.807) is 19.2 Å². The first-order valence-corrected chi connectivity index (χ1v) is 7.82. The average Bonchev–Trinajstić information content (AvgIpc) is 2.64. The minimum atomic E-state index is -0.888. The van der Waals surface area contributed by atoms with E-state index in [1.165, 1.54) is 7.11 Å². The standard InChI is InChI=1S/C19H21NO5/c1-24-17-10-6-5-9-16(17)20(12-11-18(21)22)13-14-7-3-4-8-15(14)19(23)25-2/h3-10H,11-13H2,1-2H3,(H,21,22). The summed E-state index contributed by atoms with van der Waals surface area (Å²) in [6.45, 7) is 0.643. The summed E-state index contributed by atoms with van der Waals surface area (Å²) in [5, 5.41) is 9.05. The normalized spacial score (nSPS) is 10.2. The van der Waals surface area contributed by atoms with Crippen LogP contribution in [0.25, 0.3) is 0 Å². The van der Waals surface area contributed by atoms with Crippen LogP contribution in [0.3, 0.4) is 0 Å². The molecule has 2 rings (SSSR count). The lowest BCUT2D eigenvalue weighted by molar-refractivity contribution is -0.136. The second kappa shape index (κ2) is 8.73. The number of carboxylic acid groups (broad SMARTS) is 1. The predicted molar refractivity (Wildman–Crippen MR) is 94.1 cm³/mol. The second-order valence-electron chi connectivity index (χ2n) is 5.39. The number of methoxy groups -OCH3 is 2. The number of aliphatic carboxylic acids is 1. The lowest BCUT2D eigenvalue weighted by atomic mass is 10.1. The number of esters is 1. The van der Waals surface area contributed by atoms with Crippen molar-refractivity contribution in [3.05, 3.63) is 59.7 Å². The average molecular weight is 343 g/mol. The molecule has 0 unspecified atom stereocenters. The van der Waals surface area contributed by atoms with Gasteiger partial charge in [0.2, 0.25) is 0 Å². The number of ether oxygens (including phenoxy) is 2. The predicted octanol–water partition coefficient (Wildman–Crippen LogP) is 2.96. The SMILES string of the molecule is COC(=O)c1ccccc1CN(CCC(=O)O)c1ccccc1OC. The number of nitrogens with zero attached hydrogens (tertiary/aromatic N) is 1. The number of carbonyl (C=O) groups excluding carboxylic acids is 1. The van der Waals surface area contributed by atoms with Gasteiger partial charge in [-0.15, -0.1) is 0 Å². The molecule has 0 amide bonds. The van der Waals surface area contributed by atoms with Gasteiger partial charge in [0.05, 0.1) is 31.9 Å². The van der Waals surface area contributed by atoms with Crippen molar-refractivity contribution in [1.82, 2.24) is 0 Å². The summed E-state index contributed by atoms with van der Waals surface area (Å²) in [6.07, 6.45) is -0.0293. The molecule has 0 saturated carbocycles. The molecule has 1 N–H and O–H groups in total. The molecule has 6 heteroatoms. The molecule has 2 aromatic rings. The van der Waals surface area contributed by atoms with Crippen molar-refractivity contribution in [2.45, 2.75) is 13.0 Å². The molecule has 0 aliphatic carbocycles. The van der Waals surface area contributed by atoms with Gasteiger partial charge in [-0.1, -0.05) is 30.3 Å². The Kier molecular flexibility index (Phi) is 6.39. The van der Waals surface area contributed by atoms with E-state index < -0.39 is 11.9 Å². The van der Waals surface area contributed by atoms with Gasteiger partial charge in [-0.25, -0.2) is 4.79 Å². The van der Waals surface area contributed by atoms with Crippen LogP contribution in [0, 0.1) is 0 Å². The number of benzene rings is 2. The Morgan fingerprint density at radius 2 is 1.72 bits per heavy atom. The Balaban J connectivity index is 2.37. The molecular formula is C19H21NO5. The molecule has 0 aliphatic rings. The summed E-state index contributed by atoms with van der Waals surface area (Å²) in [6, 6.07) is 14.5. The third-order valence-electron chi connectivity index (χ3n) is 3.81. The lowest BCUT2D eigenvalue weighted by Gasteiger charge is -2.26. The van der Waals surface area contributed by atoms with E-state index in [1.807, 2.05) is 41.3 Å². The Morgan fingerprint density at radius 1 is 1.04 bits per heavy atom. The van der Waals surface area contributed by atoms with Crippen LogP contribution < -0.4 is 9.64 Å². The Labute approximate surface area is 146 Å². The van der Waals surface area contributed by atoms with Gasteiger partial charge < -0.3 is 19.5 Å². The number of para-hydroxylation sites is 2. The van der Waals surface area contributed by atoms with E-state index in [0.717, 1.165) is 11.3 Å². The van der Waals surface area contributed by atoms with E-state index >= 15 is 0 Å². The summed E-state index contributed by atoms with van der Waals surface area (Å²) < 4.78 is 10.2. The number of hydrogen-bond acceptors (Lipinski definition) is 5. The molecule has 0 radical (unpaired) electrons. The van der Waals surface area contributed by atoms with E-state index in [9.17, 15) is 9.59 Å². The van der Waals surface area contributed by atoms with Crippen molar-refractivity contribution < 1.29 is 24.2 Å². The third kappa shape index (κ3) is 4.73. The molecule has 0 bridgehead atoms. The molecule has 0 atom stereocenters. The Bertz CT molecular complexity index is 744. The maximum atomic E-state index is 12.0. The zero-order valence-corrected chi connectivity index (χ0v) is 14.3. The van der Waals surface area contributed by atoms with E-state index in [0.29, 0.717) is 17.9 Å². The van der Waals surface area contributed by atoms with Gasteiger partial charge in [-0.05, 0) is 23.8 Å². The fourth-order valence-corrected chi connectivity index (χ4v) is 2.58. The summed E-state index contributed by atoms with van der Waals surface area (Å²) in [5.41, 5.74) is 1.98. The van der Waals surface area contributed by atoms with Crippen molar-refractivity contribution in [2.24, 2.45) is 0 Å². The van der Waals surface area contributed by atoms with Crippen molar-refractivity contribution in [2.75, 3.05) is 25.7 Å². The van der Waals surface area contributed by atoms with Gasteiger partial charge in [0, 0.05) is 13.1 Å². The highest BCUT2D eigenvalue weighted by Gasteiger charge is 2.17. The van der Waals surface area contributed by atoms with Crippen LogP contribution in [0.15, 0.2) is 48.5 Å². The van der Waals surface area contributed by atoms with Gasteiger partial charge in [0.1, 0.15) is 5.75 Å². The van der Waals surface area contributed by atoms with Crippen molar-refractivity contribution in [3.8, 4) is 5.75 Å². The number of hydrogen-bond donors (Lipinski definition) is 1. The first-order chi connectivity index (χ1) is 12.1. The third-order valence-corrected chi connectivity index (χ3v) is 3.81. The van der Waals surface area contributed by atoms with Crippen molar-refractivity contribution >= 4 is 17.6 Å². The van der Waals surface area contributed by atoms with Gasteiger partial charge in [0.25, 0.3) is 0 Å². The molecular weight excluding hydrogens is 322 g/mol.